The third-order valence-electron chi connectivity index (χ3n) is 2.39. The number of alkyl halides is 1. The Kier molecular flexibility index (Phi) is 4.92. The SMILES string of the molecule is CC(CCCCCl)c1ccccc1. The number of hydrogen-bond donors (Lipinski definition) is 0. The molecule has 0 aromatic heterocycles. The lowest BCUT2D eigenvalue weighted by molar-refractivity contribution is 0.626. The van der Waals surface area contributed by atoms with Crippen LogP contribution in [0.15, 0.2) is 30.3 Å². The van der Waals surface area contributed by atoms with Crippen LogP contribution in [0.25, 0.3) is 0 Å². The Morgan fingerprint density at radius 2 is 1.85 bits per heavy atom. The fraction of sp³-hybridized carbons (Fsp3) is 0.500. The van der Waals surface area contributed by atoms with Gasteiger partial charge in [-0.1, -0.05) is 43.7 Å². The minimum Gasteiger partial charge on any atom is -0.127 e. The highest BCUT2D eigenvalue weighted by molar-refractivity contribution is 6.17. The maximum Gasteiger partial charge on any atom is 0.0223 e. The van der Waals surface area contributed by atoms with Crippen LogP contribution in [-0.2, 0) is 0 Å². The highest BCUT2D eigenvalue weighted by atomic mass is 35.5. The molecule has 72 valence electrons. The van der Waals surface area contributed by atoms with E-state index in [9.17, 15) is 0 Å². The van der Waals surface area contributed by atoms with Crippen molar-refractivity contribution in [3.05, 3.63) is 35.9 Å². The van der Waals surface area contributed by atoms with Crippen LogP contribution in [0.5, 0.6) is 0 Å². The minimum atomic E-state index is 0.671. The lowest BCUT2D eigenvalue weighted by Crippen LogP contribution is -1.93. The van der Waals surface area contributed by atoms with E-state index < -0.39 is 0 Å². The summed E-state index contributed by atoms with van der Waals surface area (Å²) in [6.07, 6.45) is 3.62. The van der Waals surface area contributed by atoms with E-state index in [1.54, 1.807) is 0 Å². The Labute approximate surface area is 85.9 Å². The van der Waals surface area contributed by atoms with Gasteiger partial charge in [0.2, 0.25) is 0 Å². The van der Waals surface area contributed by atoms with E-state index in [1.807, 2.05) is 0 Å². The molecule has 0 aliphatic carbocycles. The van der Waals surface area contributed by atoms with Crippen molar-refractivity contribution >= 4 is 11.6 Å². The summed E-state index contributed by atoms with van der Waals surface area (Å²) < 4.78 is 0. The molecule has 0 fully saturated rings. The third-order valence-corrected chi connectivity index (χ3v) is 2.66. The van der Waals surface area contributed by atoms with Crippen molar-refractivity contribution in [2.45, 2.75) is 32.1 Å². The quantitative estimate of drug-likeness (QED) is 0.489. The van der Waals surface area contributed by atoms with Crippen LogP contribution in [-0.4, -0.2) is 5.88 Å². The molecule has 0 saturated heterocycles. The molecule has 0 amide bonds. The maximum absolute atomic E-state index is 5.63. The minimum absolute atomic E-state index is 0.671. The van der Waals surface area contributed by atoms with Crippen molar-refractivity contribution in [1.82, 2.24) is 0 Å². The van der Waals surface area contributed by atoms with Gasteiger partial charge in [0.1, 0.15) is 0 Å². The second-order valence-electron chi connectivity index (χ2n) is 3.50. The van der Waals surface area contributed by atoms with Gasteiger partial charge in [0.25, 0.3) is 0 Å². The molecule has 0 aliphatic heterocycles. The molecule has 13 heavy (non-hydrogen) atoms. The van der Waals surface area contributed by atoms with Gasteiger partial charge in [-0.2, -0.15) is 0 Å². The molecule has 0 aliphatic rings. The Balaban J connectivity index is 2.35. The summed E-state index contributed by atoms with van der Waals surface area (Å²) in [4.78, 5) is 0. The van der Waals surface area contributed by atoms with E-state index in [2.05, 4.69) is 37.3 Å². The van der Waals surface area contributed by atoms with Crippen molar-refractivity contribution in [1.29, 1.82) is 0 Å². The molecule has 1 heteroatoms. The zero-order chi connectivity index (χ0) is 9.52. The molecule has 0 N–H and O–H groups in total. The van der Waals surface area contributed by atoms with E-state index in [0.29, 0.717) is 5.92 Å². The molecule has 1 aromatic rings. The molecule has 0 heterocycles. The Morgan fingerprint density at radius 3 is 2.46 bits per heavy atom. The van der Waals surface area contributed by atoms with Gasteiger partial charge in [-0.15, -0.1) is 11.6 Å². The maximum atomic E-state index is 5.63. The smallest absolute Gasteiger partial charge is 0.0223 e. The number of halogens is 1. The standard InChI is InChI=1S/C12H17Cl/c1-11(7-5-6-10-13)12-8-3-2-4-9-12/h2-4,8-9,11H,5-7,10H2,1H3. The van der Waals surface area contributed by atoms with Crippen LogP contribution < -0.4 is 0 Å². The number of hydrogen-bond acceptors (Lipinski definition) is 0. The van der Waals surface area contributed by atoms with Gasteiger partial charge in [-0.05, 0) is 24.3 Å². The Morgan fingerprint density at radius 1 is 1.15 bits per heavy atom. The van der Waals surface area contributed by atoms with Crippen LogP contribution in [0.2, 0.25) is 0 Å². The summed E-state index contributed by atoms with van der Waals surface area (Å²) in [6.45, 7) is 2.28. The van der Waals surface area contributed by atoms with Crippen molar-refractivity contribution in [2.75, 3.05) is 5.88 Å². The average Bonchev–Trinajstić information content (AvgIpc) is 2.19. The highest BCUT2D eigenvalue weighted by Gasteiger charge is 2.03. The molecule has 1 atom stereocenters. The van der Waals surface area contributed by atoms with Gasteiger partial charge in [0.05, 0.1) is 0 Å². The second kappa shape index (κ2) is 6.04. The molecule has 0 saturated carbocycles. The van der Waals surface area contributed by atoms with Crippen molar-refractivity contribution in [2.24, 2.45) is 0 Å². The number of benzene rings is 1. The third kappa shape index (κ3) is 3.82. The van der Waals surface area contributed by atoms with Crippen molar-refractivity contribution in [3.8, 4) is 0 Å². The van der Waals surface area contributed by atoms with E-state index >= 15 is 0 Å². The lowest BCUT2D eigenvalue weighted by Gasteiger charge is -2.10. The summed E-state index contributed by atoms with van der Waals surface area (Å²) in [5.74, 6) is 1.46. The zero-order valence-corrected chi connectivity index (χ0v) is 8.93. The van der Waals surface area contributed by atoms with Crippen LogP contribution in [0, 0.1) is 0 Å². The Bertz CT molecular complexity index is 218. The number of rotatable bonds is 5. The topological polar surface area (TPSA) is 0 Å². The molecule has 0 radical (unpaired) electrons. The van der Waals surface area contributed by atoms with Crippen LogP contribution in [0.1, 0.15) is 37.7 Å². The first-order valence-electron chi connectivity index (χ1n) is 4.95. The van der Waals surface area contributed by atoms with E-state index in [-0.39, 0.29) is 0 Å². The molecular formula is C12H17Cl. The number of unbranched alkanes of at least 4 members (excludes halogenated alkanes) is 1. The van der Waals surface area contributed by atoms with Crippen molar-refractivity contribution in [3.63, 3.8) is 0 Å². The van der Waals surface area contributed by atoms with Gasteiger partial charge < -0.3 is 0 Å². The summed E-state index contributed by atoms with van der Waals surface area (Å²) in [5, 5.41) is 0. The summed E-state index contributed by atoms with van der Waals surface area (Å²) in [6, 6.07) is 10.7. The van der Waals surface area contributed by atoms with Gasteiger partial charge in [0.15, 0.2) is 0 Å². The summed E-state index contributed by atoms with van der Waals surface area (Å²) >= 11 is 5.63. The first kappa shape index (κ1) is 10.6. The first-order valence-corrected chi connectivity index (χ1v) is 5.49. The van der Waals surface area contributed by atoms with E-state index in [4.69, 9.17) is 11.6 Å². The summed E-state index contributed by atoms with van der Waals surface area (Å²) in [5.41, 5.74) is 1.44. The monoisotopic (exact) mass is 196 g/mol. The van der Waals surface area contributed by atoms with Crippen LogP contribution in [0.3, 0.4) is 0 Å². The normalized spacial score (nSPS) is 12.8. The predicted molar refractivity (Wildman–Crippen MR) is 59.4 cm³/mol. The molecular weight excluding hydrogens is 180 g/mol. The van der Waals surface area contributed by atoms with Crippen molar-refractivity contribution < 1.29 is 0 Å². The molecule has 0 nitrogen and oxygen atoms in total. The van der Waals surface area contributed by atoms with E-state index in [0.717, 1.165) is 12.3 Å². The molecule has 1 unspecified atom stereocenters. The fourth-order valence-corrected chi connectivity index (χ4v) is 1.68. The Hall–Kier alpha value is -0.490. The average molecular weight is 197 g/mol. The zero-order valence-electron chi connectivity index (χ0n) is 8.17. The molecule has 1 rings (SSSR count). The molecule has 0 bridgehead atoms. The lowest BCUT2D eigenvalue weighted by atomic mass is 9.96. The predicted octanol–water partition coefficient (Wildman–Crippen LogP) is 4.20. The van der Waals surface area contributed by atoms with Gasteiger partial charge in [-0.25, -0.2) is 0 Å². The van der Waals surface area contributed by atoms with Gasteiger partial charge in [0, 0.05) is 5.88 Å². The molecule has 1 aromatic carbocycles. The second-order valence-corrected chi connectivity index (χ2v) is 3.87. The molecule has 0 spiro atoms. The largest absolute Gasteiger partial charge is 0.127 e. The summed E-state index contributed by atoms with van der Waals surface area (Å²) in [7, 11) is 0. The van der Waals surface area contributed by atoms with E-state index in [1.165, 1.54) is 18.4 Å². The van der Waals surface area contributed by atoms with Gasteiger partial charge in [-0.3, -0.25) is 0 Å². The highest BCUT2D eigenvalue weighted by Crippen LogP contribution is 2.20. The fourth-order valence-electron chi connectivity index (χ4n) is 1.49. The van der Waals surface area contributed by atoms with Crippen LogP contribution >= 0.6 is 11.6 Å². The first-order chi connectivity index (χ1) is 6.34. The van der Waals surface area contributed by atoms with Crippen LogP contribution in [0.4, 0.5) is 0 Å². The van der Waals surface area contributed by atoms with Gasteiger partial charge >= 0.3 is 0 Å².